The molecule has 6 heteroatoms. The van der Waals surface area contributed by atoms with Crippen LogP contribution in [0.5, 0.6) is 17.2 Å². The van der Waals surface area contributed by atoms with Gasteiger partial charge in [-0.2, -0.15) is 0 Å². The third-order valence-corrected chi connectivity index (χ3v) is 4.22. The summed E-state index contributed by atoms with van der Waals surface area (Å²) < 4.78 is 16.8. The predicted octanol–water partition coefficient (Wildman–Crippen LogP) is 2.80. The lowest BCUT2D eigenvalue weighted by Gasteiger charge is -2.30. The molecule has 138 valence electrons. The molecule has 0 fully saturated rings. The van der Waals surface area contributed by atoms with Crippen molar-refractivity contribution in [1.82, 2.24) is 4.90 Å². The highest BCUT2D eigenvalue weighted by atomic mass is 16.6. The van der Waals surface area contributed by atoms with Gasteiger partial charge in [-0.1, -0.05) is 19.1 Å². The number of anilines is 1. The molecule has 26 heavy (non-hydrogen) atoms. The van der Waals surface area contributed by atoms with E-state index >= 15 is 0 Å². The number of nitrogens with one attached hydrogen (secondary N) is 1. The van der Waals surface area contributed by atoms with Crippen LogP contribution in [-0.2, 0) is 4.79 Å². The average Bonchev–Trinajstić information content (AvgIpc) is 2.68. The minimum atomic E-state index is -0.0985. The standard InChI is InChI=1S/C20H24N2O4/c1-3-22(12-17-14-25-18-6-4-5-7-19(18)26-17)13-20(23)21-15-8-10-16(24-2)11-9-15/h4-11,17H,3,12-14H2,1-2H3,(H,21,23). The number of carbonyl (C=O) groups excluding carboxylic acids is 1. The summed E-state index contributed by atoms with van der Waals surface area (Å²) in [5, 5.41) is 2.90. The molecule has 0 aromatic heterocycles. The number of methoxy groups -OCH3 is 1. The number of amides is 1. The van der Waals surface area contributed by atoms with Crippen LogP contribution in [0.1, 0.15) is 6.92 Å². The Labute approximate surface area is 153 Å². The van der Waals surface area contributed by atoms with E-state index in [1.165, 1.54) is 0 Å². The molecule has 1 N–H and O–H groups in total. The maximum atomic E-state index is 12.3. The van der Waals surface area contributed by atoms with E-state index in [9.17, 15) is 4.79 Å². The molecule has 3 rings (SSSR count). The molecule has 1 atom stereocenters. The summed E-state index contributed by atoms with van der Waals surface area (Å²) in [5.41, 5.74) is 0.748. The summed E-state index contributed by atoms with van der Waals surface area (Å²) in [7, 11) is 1.61. The van der Waals surface area contributed by atoms with Gasteiger partial charge >= 0.3 is 0 Å². The first-order valence-electron chi connectivity index (χ1n) is 8.72. The largest absolute Gasteiger partial charge is 0.497 e. The van der Waals surface area contributed by atoms with E-state index in [1.54, 1.807) is 7.11 Å². The maximum Gasteiger partial charge on any atom is 0.238 e. The predicted molar refractivity (Wildman–Crippen MR) is 100 cm³/mol. The molecule has 0 spiro atoms. The van der Waals surface area contributed by atoms with E-state index in [-0.39, 0.29) is 12.0 Å². The molecule has 1 amide bonds. The molecular weight excluding hydrogens is 332 g/mol. The summed E-state index contributed by atoms with van der Waals surface area (Å²) in [6.45, 7) is 4.17. The molecule has 2 aromatic rings. The monoisotopic (exact) mass is 356 g/mol. The number of fused-ring (bicyclic) bond motifs is 1. The first-order valence-corrected chi connectivity index (χ1v) is 8.72. The van der Waals surface area contributed by atoms with E-state index in [1.807, 2.05) is 60.4 Å². The lowest BCUT2D eigenvalue weighted by molar-refractivity contribution is -0.117. The van der Waals surface area contributed by atoms with Gasteiger partial charge in [0, 0.05) is 12.2 Å². The second kappa shape index (κ2) is 8.58. The number of nitrogens with zero attached hydrogens (tertiary/aromatic N) is 1. The van der Waals surface area contributed by atoms with Crippen molar-refractivity contribution in [3.63, 3.8) is 0 Å². The van der Waals surface area contributed by atoms with Gasteiger partial charge < -0.3 is 19.5 Å². The van der Waals surface area contributed by atoms with Gasteiger partial charge in [0.15, 0.2) is 11.5 Å². The lowest BCUT2D eigenvalue weighted by Crippen LogP contribution is -2.43. The van der Waals surface area contributed by atoms with Crippen molar-refractivity contribution in [1.29, 1.82) is 0 Å². The fourth-order valence-electron chi connectivity index (χ4n) is 2.82. The molecule has 0 bridgehead atoms. The fourth-order valence-corrected chi connectivity index (χ4v) is 2.82. The van der Waals surface area contributed by atoms with Gasteiger partial charge in [-0.3, -0.25) is 9.69 Å². The third-order valence-electron chi connectivity index (χ3n) is 4.22. The van der Waals surface area contributed by atoms with Gasteiger partial charge in [-0.05, 0) is 42.9 Å². The Kier molecular flexibility index (Phi) is 5.96. The van der Waals surface area contributed by atoms with Crippen molar-refractivity contribution in [2.75, 3.05) is 38.7 Å². The molecule has 6 nitrogen and oxygen atoms in total. The zero-order valence-electron chi connectivity index (χ0n) is 15.1. The number of carbonyl (C=O) groups is 1. The molecule has 0 saturated carbocycles. The van der Waals surface area contributed by atoms with Crippen molar-refractivity contribution in [2.24, 2.45) is 0 Å². The van der Waals surface area contributed by atoms with Gasteiger partial charge in [0.1, 0.15) is 18.5 Å². The van der Waals surface area contributed by atoms with Crippen LogP contribution in [-0.4, -0.2) is 50.3 Å². The van der Waals surface area contributed by atoms with Crippen LogP contribution >= 0.6 is 0 Å². The summed E-state index contributed by atoms with van der Waals surface area (Å²) in [6, 6.07) is 14.9. The van der Waals surface area contributed by atoms with Crippen LogP contribution in [0.25, 0.3) is 0 Å². The van der Waals surface area contributed by atoms with E-state index in [2.05, 4.69) is 5.32 Å². The highest BCUT2D eigenvalue weighted by Crippen LogP contribution is 2.31. The van der Waals surface area contributed by atoms with Crippen LogP contribution in [0.2, 0.25) is 0 Å². The Morgan fingerprint density at radius 3 is 2.62 bits per heavy atom. The molecule has 0 saturated heterocycles. The van der Waals surface area contributed by atoms with E-state index in [0.717, 1.165) is 29.5 Å². The Morgan fingerprint density at radius 1 is 1.19 bits per heavy atom. The Morgan fingerprint density at radius 2 is 1.92 bits per heavy atom. The van der Waals surface area contributed by atoms with Crippen molar-refractivity contribution in [3.05, 3.63) is 48.5 Å². The van der Waals surface area contributed by atoms with Crippen LogP contribution < -0.4 is 19.5 Å². The van der Waals surface area contributed by atoms with Crippen LogP contribution in [0.3, 0.4) is 0 Å². The minimum absolute atomic E-state index is 0.0610. The van der Waals surface area contributed by atoms with Gasteiger partial charge in [0.05, 0.1) is 13.7 Å². The number of ether oxygens (including phenoxy) is 3. The molecule has 1 heterocycles. The number of para-hydroxylation sites is 2. The van der Waals surface area contributed by atoms with Crippen molar-refractivity contribution >= 4 is 11.6 Å². The second-order valence-electron chi connectivity index (χ2n) is 6.10. The quantitative estimate of drug-likeness (QED) is 0.827. The van der Waals surface area contributed by atoms with Crippen molar-refractivity contribution in [2.45, 2.75) is 13.0 Å². The number of hydrogen-bond donors (Lipinski definition) is 1. The zero-order chi connectivity index (χ0) is 18.4. The van der Waals surface area contributed by atoms with Gasteiger partial charge in [0.25, 0.3) is 0 Å². The van der Waals surface area contributed by atoms with Gasteiger partial charge in [-0.15, -0.1) is 0 Å². The highest BCUT2D eigenvalue weighted by molar-refractivity contribution is 5.92. The van der Waals surface area contributed by atoms with E-state index in [0.29, 0.717) is 19.7 Å². The summed E-state index contributed by atoms with van der Waals surface area (Å²) in [6.07, 6.45) is -0.0985. The molecule has 0 aliphatic carbocycles. The number of likely N-dealkylation sites (N-methyl/N-ethyl adjacent to an activating group) is 1. The average molecular weight is 356 g/mol. The van der Waals surface area contributed by atoms with Crippen LogP contribution in [0.15, 0.2) is 48.5 Å². The lowest BCUT2D eigenvalue weighted by atomic mass is 10.2. The molecule has 1 aliphatic heterocycles. The summed E-state index contributed by atoms with van der Waals surface area (Å²) >= 11 is 0. The summed E-state index contributed by atoms with van der Waals surface area (Å²) in [5.74, 6) is 2.22. The topological polar surface area (TPSA) is 60.0 Å². The Balaban J connectivity index is 1.51. The maximum absolute atomic E-state index is 12.3. The molecule has 1 aliphatic rings. The summed E-state index contributed by atoms with van der Waals surface area (Å²) in [4.78, 5) is 14.4. The van der Waals surface area contributed by atoms with E-state index < -0.39 is 0 Å². The van der Waals surface area contributed by atoms with E-state index in [4.69, 9.17) is 14.2 Å². The number of benzene rings is 2. The van der Waals surface area contributed by atoms with Crippen LogP contribution in [0.4, 0.5) is 5.69 Å². The normalized spacial score (nSPS) is 15.6. The third kappa shape index (κ3) is 4.67. The Hall–Kier alpha value is -2.73. The molecule has 0 radical (unpaired) electrons. The number of hydrogen-bond acceptors (Lipinski definition) is 5. The minimum Gasteiger partial charge on any atom is -0.497 e. The molecule has 2 aromatic carbocycles. The first-order chi connectivity index (χ1) is 12.7. The van der Waals surface area contributed by atoms with Crippen LogP contribution in [0, 0.1) is 0 Å². The fraction of sp³-hybridized carbons (Fsp3) is 0.350. The van der Waals surface area contributed by atoms with Gasteiger partial charge in [0.2, 0.25) is 5.91 Å². The Bertz CT molecular complexity index is 733. The smallest absolute Gasteiger partial charge is 0.238 e. The molecule has 1 unspecified atom stereocenters. The zero-order valence-corrected chi connectivity index (χ0v) is 15.1. The first kappa shape index (κ1) is 18.1. The van der Waals surface area contributed by atoms with Crippen molar-refractivity contribution in [3.8, 4) is 17.2 Å². The van der Waals surface area contributed by atoms with Crippen molar-refractivity contribution < 1.29 is 19.0 Å². The second-order valence-corrected chi connectivity index (χ2v) is 6.10. The number of rotatable bonds is 7. The van der Waals surface area contributed by atoms with Gasteiger partial charge in [-0.25, -0.2) is 0 Å². The molecular formula is C20H24N2O4. The SMILES string of the molecule is CCN(CC(=O)Nc1ccc(OC)cc1)CC1COc2ccccc2O1. The highest BCUT2D eigenvalue weighted by Gasteiger charge is 2.23.